The van der Waals surface area contributed by atoms with Crippen molar-refractivity contribution >= 4 is 17.3 Å². The number of nitrogens with one attached hydrogen (secondary N) is 1. The molecule has 0 aliphatic rings. The average molecular weight is 296 g/mol. The van der Waals surface area contributed by atoms with Crippen LogP contribution in [0.4, 0.5) is 15.8 Å². The molecule has 2 aromatic carbocycles. The number of halogens is 1. The third kappa shape index (κ3) is 4.35. The Morgan fingerprint density at radius 3 is 2.36 bits per heavy atom. The topological polar surface area (TPSA) is 32.3 Å². The highest BCUT2D eigenvalue weighted by atomic mass is 19.1. The third-order valence-electron chi connectivity index (χ3n) is 3.12. The zero-order valence-corrected chi connectivity index (χ0v) is 12.3. The van der Waals surface area contributed by atoms with Gasteiger partial charge in [-0.15, -0.1) is 6.42 Å². The summed E-state index contributed by atoms with van der Waals surface area (Å²) in [6.45, 7) is 2.49. The minimum absolute atomic E-state index is 0.112. The molecule has 1 N–H and O–H groups in total. The summed E-state index contributed by atoms with van der Waals surface area (Å²) in [5.74, 6) is 2.26. The van der Waals surface area contributed by atoms with E-state index in [0.717, 1.165) is 16.9 Å². The van der Waals surface area contributed by atoms with E-state index in [1.165, 1.54) is 19.1 Å². The molecule has 1 amide bonds. The molecule has 0 heterocycles. The van der Waals surface area contributed by atoms with Crippen LogP contribution in [0.1, 0.15) is 12.5 Å². The molecule has 0 atom stereocenters. The van der Waals surface area contributed by atoms with Gasteiger partial charge in [0.05, 0.1) is 6.54 Å². The van der Waals surface area contributed by atoms with Crippen LogP contribution in [0.15, 0.2) is 48.5 Å². The van der Waals surface area contributed by atoms with E-state index in [9.17, 15) is 9.18 Å². The van der Waals surface area contributed by atoms with Gasteiger partial charge < -0.3 is 10.2 Å². The monoisotopic (exact) mass is 296 g/mol. The first-order valence-electron chi connectivity index (χ1n) is 6.89. The van der Waals surface area contributed by atoms with E-state index in [1.54, 1.807) is 12.1 Å². The molecule has 0 unspecified atom stereocenters. The molecule has 0 aliphatic heterocycles. The van der Waals surface area contributed by atoms with Crippen molar-refractivity contribution in [2.45, 2.75) is 13.5 Å². The second-order valence-corrected chi connectivity index (χ2v) is 4.91. The molecule has 3 nitrogen and oxygen atoms in total. The molecule has 0 saturated carbocycles. The fourth-order valence-corrected chi connectivity index (χ4v) is 2.12. The molecule has 0 spiro atoms. The number of carbonyl (C=O) groups excluding carboxylic acids is 1. The van der Waals surface area contributed by atoms with Crippen molar-refractivity contribution in [3.05, 3.63) is 59.9 Å². The van der Waals surface area contributed by atoms with Crippen LogP contribution in [0.5, 0.6) is 0 Å². The van der Waals surface area contributed by atoms with Gasteiger partial charge >= 0.3 is 0 Å². The molecule has 22 heavy (non-hydrogen) atoms. The number of anilines is 2. The highest BCUT2D eigenvalue weighted by Crippen LogP contribution is 2.20. The lowest BCUT2D eigenvalue weighted by Crippen LogP contribution is -2.22. The Morgan fingerprint density at radius 1 is 1.18 bits per heavy atom. The smallest absolute Gasteiger partial charge is 0.221 e. The Balaban J connectivity index is 2.15. The lowest BCUT2D eigenvalue weighted by atomic mass is 10.2. The van der Waals surface area contributed by atoms with E-state index >= 15 is 0 Å². The predicted octanol–water partition coefficient (Wildman–Crippen LogP) is 3.42. The zero-order chi connectivity index (χ0) is 15.9. The summed E-state index contributed by atoms with van der Waals surface area (Å²) >= 11 is 0. The number of carbonyl (C=O) groups is 1. The Labute approximate surface area is 129 Å². The summed E-state index contributed by atoms with van der Waals surface area (Å²) in [5, 5.41) is 2.72. The Hall–Kier alpha value is -2.80. The molecule has 0 radical (unpaired) electrons. The van der Waals surface area contributed by atoms with E-state index in [4.69, 9.17) is 6.42 Å². The van der Waals surface area contributed by atoms with Crippen molar-refractivity contribution in [2.75, 3.05) is 16.8 Å². The molecular weight excluding hydrogens is 279 g/mol. The van der Waals surface area contributed by atoms with Crippen LogP contribution in [0.25, 0.3) is 0 Å². The molecule has 0 bridgehead atoms. The number of hydrogen-bond donors (Lipinski definition) is 1. The molecule has 0 aliphatic carbocycles. The van der Waals surface area contributed by atoms with Crippen LogP contribution in [0.2, 0.25) is 0 Å². The quantitative estimate of drug-likeness (QED) is 0.857. The summed E-state index contributed by atoms with van der Waals surface area (Å²) in [7, 11) is 0. The second kappa shape index (κ2) is 7.28. The first-order valence-corrected chi connectivity index (χ1v) is 6.89. The zero-order valence-electron chi connectivity index (χ0n) is 12.3. The van der Waals surface area contributed by atoms with Gasteiger partial charge in [-0.05, 0) is 42.0 Å². The van der Waals surface area contributed by atoms with Gasteiger partial charge in [0.15, 0.2) is 0 Å². The predicted molar refractivity (Wildman–Crippen MR) is 87.0 cm³/mol. The third-order valence-corrected chi connectivity index (χ3v) is 3.12. The molecule has 4 heteroatoms. The lowest BCUT2D eigenvalue weighted by molar-refractivity contribution is -0.114. The van der Waals surface area contributed by atoms with Gasteiger partial charge in [0, 0.05) is 24.8 Å². The van der Waals surface area contributed by atoms with Gasteiger partial charge in [0.25, 0.3) is 0 Å². The first-order chi connectivity index (χ1) is 10.6. The highest BCUT2D eigenvalue weighted by molar-refractivity contribution is 5.88. The standard InChI is InChI=1S/C18H17FN2O/c1-3-12-21(13-15-4-6-16(19)7-5-15)18-10-8-17(9-11-18)20-14(2)22/h1,4-11H,12-13H2,2H3,(H,20,22). The van der Waals surface area contributed by atoms with Crippen molar-refractivity contribution < 1.29 is 9.18 Å². The van der Waals surface area contributed by atoms with E-state index in [-0.39, 0.29) is 11.7 Å². The summed E-state index contributed by atoms with van der Waals surface area (Å²) in [6, 6.07) is 13.8. The SMILES string of the molecule is C#CCN(Cc1ccc(F)cc1)c1ccc(NC(C)=O)cc1. The van der Waals surface area contributed by atoms with Crippen molar-refractivity contribution in [3.8, 4) is 12.3 Å². The van der Waals surface area contributed by atoms with Crippen LogP contribution in [0.3, 0.4) is 0 Å². The fraction of sp³-hybridized carbons (Fsp3) is 0.167. The first kappa shape index (κ1) is 15.6. The van der Waals surface area contributed by atoms with E-state index in [1.807, 2.05) is 29.2 Å². The number of terminal acetylenes is 1. The molecule has 112 valence electrons. The number of nitrogens with zero attached hydrogens (tertiary/aromatic N) is 1. The van der Waals surface area contributed by atoms with Gasteiger partial charge in [-0.2, -0.15) is 0 Å². The van der Waals surface area contributed by atoms with E-state index < -0.39 is 0 Å². The molecule has 0 fully saturated rings. The Kier molecular flexibility index (Phi) is 5.16. The van der Waals surface area contributed by atoms with Crippen molar-refractivity contribution in [1.29, 1.82) is 0 Å². The molecule has 0 aromatic heterocycles. The van der Waals surface area contributed by atoms with Crippen LogP contribution in [0, 0.1) is 18.2 Å². The van der Waals surface area contributed by atoms with Gasteiger partial charge in [0.2, 0.25) is 5.91 Å². The number of amides is 1. The Morgan fingerprint density at radius 2 is 1.82 bits per heavy atom. The van der Waals surface area contributed by atoms with Gasteiger partial charge in [-0.25, -0.2) is 4.39 Å². The summed E-state index contributed by atoms with van der Waals surface area (Å²) in [5.41, 5.74) is 2.65. The molecule has 2 aromatic rings. The number of hydrogen-bond acceptors (Lipinski definition) is 2. The minimum Gasteiger partial charge on any atom is -0.356 e. The van der Waals surface area contributed by atoms with Crippen LogP contribution in [-0.4, -0.2) is 12.5 Å². The highest BCUT2D eigenvalue weighted by Gasteiger charge is 2.07. The largest absolute Gasteiger partial charge is 0.356 e. The van der Waals surface area contributed by atoms with Crippen molar-refractivity contribution in [1.82, 2.24) is 0 Å². The average Bonchev–Trinajstić information content (AvgIpc) is 2.49. The number of rotatable bonds is 5. The Bertz CT molecular complexity index is 672. The van der Waals surface area contributed by atoms with Gasteiger partial charge in [0.1, 0.15) is 5.82 Å². The maximum atomic E-state index is 13.0. The number of benzene rings is 2. The van der Waals surface area contributed by atoms with Crippen molar-refractivity contribution in [2.24, 2.45) is 0 Å². The molecule has 2 rings (SSSR count). The fourth-order valence-electron chi connectivity index (χ4n) is 2.12. The van der Waals surface area contributed by atoms with Crippen LogP contribution < -0.4 is 10.2 Å². The summed E-state index contributed by atoms with van der Waals surface area (Å²) < 4.78 is 13.0. The lowest BCUT2D eigenvalue weighted by Gasteiger charge is -2.23. The second-order valence-electron chi connectivity index (χ2n) is 4.91. The van der Waals surface area contributed by atoms with Gasteiger partial charge in [-0.1, -0.05) is 18.1 Å². The van der Waals surface area contributed by atoms with Crippen LogP contribution in [-0.2, 0) is 11.3 Å². The van der Waals surface area contributed by atoms with Crippen molar-refractivity contribution in [3.63, 3.8) is 0 Å². The van der Waals surface area contributed by atoms with E-state index in [2.05, 4.69) is 11.2 Å². The molecular formula is C18H17FN2O. The minimum atomic E-state index is -0.257. The van der Waals surface area contributed by atoms with E-state index in [0.29, 0.717) is 13.1 Å². The summed E-state index contributed by atoms with van der Waals surface area (Å²) in [4.78, 5) is 13.0. The van der Waals surface area contributed by atoms with Gasteiger partial charge in [-0.3, -0.25) is 4.79 Å². The normalized spacial score (nSPS) is 9.86. The maximum Gasteiger partial charge on any atom is 0.221 e. The van der Waals surface area contributed by atoms with Crippen LogP contribution >= 0.6 is 0 Å². The summed E-state index contributed by atoms with van der Waals surface area (Å²) in [6.07, 6.45) is 5.43. The maximum absolute atomic E-state index is 13.0. The molecule has 0 saturated heterocycles.